The molecule has 2 heteroatoms. The third-order valence-corrected chi connectivity index (χ3v) is 7.44. The highest BCUT2D eigenvalue weighted by Crippen LogP contribution is 2.52. The molecule has 0 saturated heterocycles. The quantitative estimate of drug-likeness (QED) is 0.224. The molecule has 1 aliphatic heterocycles. The summed E-state index contributed by atoms with van der Waals surface area (Å²) in [6.07, 6.45) is 5.83. The molecule has 0 saturated carbocycles. The Hall–Kier alpha value is -4.04. The minimum Gasteiger partial charge on any atom is -0.457 e. The number of hydrogen-bond acceptors (Lipinski definition) is 2. The fourth-order valence-electron chi connectivity index (χ4n) is 5.93. The van der Waals surface area contributed by atoms with Gasteiger partial charge in [-0.1, -0.05) is 78.9 Å². The minimum atomic E-state index is 0.240. The lowest BCUT2D eigenvalue weighted by Gasteiger charge is -2.38. The number of nitrogens with one attached hydrogen (secondary N) is 1. The third-order valence-electron chi connectivity index (χ3n) is 7.44. The average Bonchev–Trinajstić information content (AvgIpc) is 3.38. The molecule has 0 radical (unpaired) electrons. The van der Waals surface area contributed by atoms with Crippen molar-refractivity contribution in [3.05, 3.63) is 126 Å². The minimum absolute atomic E-state index is 0.240. The van der Waals surface area contributed by atoms with Crippen molar-refractivity contribution < 1.29 is 4.74 Å². The molecule has 2 aliphatic rings. The van der Waals surface area contributed by atoms with Gasteiger partial charge in [-0.25, -0.2) is 0 Å². The van der Waals surface area contributed by atoms with E-state index in [4.69, 9.17) is 4.74 Å². The van der Waals surface area contributed by atoms with Crippen molar-refractivity contribution in [1.82, 2.24) is 0 Å². The standard InChI is InChI=1S/C32H25NO/c1-2-11-23(12-3-1)34-24-17-18-30-29(20-24)27-15-8-16-28(27)32(33-30)31-25-13-6-4-9-21(25)19-22-10-5-7-14-26(22)31/h1-15,17-20,27-28,32-33H,16H2. The zero-order chi connectivity index (χ0) is 22.5. The highest BCUT2D eigenvalue weighted by molar-refractivity contribution is 6.03. The van der Waals surface area contributed by atoms with Crippen molar-refractivity contribution >= 4 is 27.2 Å². The highest BCUT2D eigenvalue weighted by Gasteiger charge is 2.39. The summed E-state index contributed by atoms with van der Waals surface area (Å²) in [5.74, 6) is 2.59. The first kappa shape index (κ1) is 19.4. The lowest BCUT2D eigenvalue weighted by Crippen LogP contribution is -2.29. The first-order valence-corrected chi connectivity index (χ1v) is 12.1. The van der Waals surface area contributed by atoms with Gasteiger partial charge in [0, 0.05) is 11.6 Å². The summed E-state index contributed by atoms with van der Waals surface area (Å²) < 4.78 is 6.17. The van der Waals surface area contributed by atoms with E-state index in [2.05, 4.69) is 90.3 Å². The van der Waals surface area contributed by atoms with E-state index in [1.54, 1.807) is 0 Å². The fourth-order valence-corrected chi connectivity index (χ4v) is 5.93. The van der Waals surface area contributed by atoms with Gasteiger partial charge in [-0.15, -0.1) is 0 Å². The average molecular weight is 440 g/mol. The second-order valence-corrected chi connectivity index (χ2v) is 9.37. The molecule has 3 unspecified atom stereocenters. The molecule has 7 rings (SSSR count). The van der Waals surface area contributed by atoms with E-state index in [1.165, 1.54) is 38.4 Å². The second-order valence-electron chi connectivity index (χ2n) is 9.37. The van der Waals surface area contributed by atoms with E-state index in [9.17, 15) is 0 Å². The van der Waals surface area contributed by atoms with Crippen LogP contribution in [0.5, 0.6) is 11.5 Å². The van der Waals surface area contributed by atoms with Crippen molar-refractivity contribution in [2.45, 2.75) is 18.4 Å². The van der Waals surface area contributed by atoms with E-state index in [-0.39, 0.29) is 6.04 Å². The normalized spacial score (nSPS) is 20.6. The first-order chi connectivity index (χ1) is 16.8. The van der Waals surface area contributed by atoms with Crippen LogP contribution in [0.2, 0.25) is 0 Å². The Balaban J connectivity index is 1.36. The Kier molecular flexibility index (Phi) is 4.44. The van der Waals surface area contributed by atoms with Crippen LogP contribution in [0.1, 0.15) is 29.5 Å². The molecular weight excluding hydrogens is 414 g/mol. The maximum absolute atomic E-state index is 6.17. The van der Waals surface area contributed by atoms with Crippen LogP contribution in [-0.4, -0.2) is 0 Å². The monoisotopic (exact) mass is 439 g/mol. The number of hydrogen-bond donors (Lipinski definition) is 1. The largest absolute Gasteiger partial charge is 0.457 e. The summed E-state index contributed by atoms with van der Waals surface area (Å²) in [5, 5.41) is 9.26. The van der Waals surface area contributed by atoms with E-state index in [0.29, 0.717) is 11.8 Å². The Morgan fingerprint density at radius 2 is 1.38 bits per heavy atom. The van der Waals surface area contributed by atoms with Crippen molar-refractivity contribution in [1.29, 1.82) is 0 Å². The predicted octanol–water partition coefficient (Wildman–Crippen LogP) is 8.61. The van der Waals surface area contributed by atoms with Gasteiger partial charge in [-0.3, -0.25) is 0 Å². The Labute approximate surface area is 199 Å². The molecule has 0 spiro atoms. The lowest BCUT2D eigenvalue weighted by molar-refractivity contribution is 0.426. The van der Waals surface area contributed by atoms with Gasteiger partial charge in [0.1, 0.15) is 11.5 Å². The Morgan fingerprint density at radius 1 is 0.676 bits per heavy atom. The van der Waals surface area contributed by atoms with E-state index in [0.717, 1.165) is 17.9 Å². The van der Waals surface area contributed by atoms with E-state index >= 15 is 0 Å². The lowest BCUT2D eigenvalue weighted by atomic mass is 9.75. The number of fused-ring (bicyclic) bond motifs is 5. The number of benzene rings is 5. The predicted molar refractivity (Wildman–Crippen MR) is 141 cm³/mol. The number of rotatable bonds is 3. The molecular formula is C32H25NO. The van der Waals surface area contributed by atoms with Gasteiger partial charge in [-0.2, -0.15) is 0 Å². The van der Waals surface area contributed by atoms with Crippen LogP contribution in [-0.2, 0) is 0 Å². The van der Waals surface area contributed by atoms with Gasteiger partial charge in [-0.05, 0) is 81.4 Å². The summed E-state index contributed by atoms with van der Waals surface area (Å²) in [7, 11) is 0. The summed E-state index contributed by atoms with van der Waals surface area (Å²) in [6, 6.07) is 36.7. The topological polar surface area (TPSA) is 21.3 Å². The molecule has 0 amide bonds. The molecule has 164 valence electrons. The summed E-state index contributed by atoms with van der Waals surface area (Å²) in [4.78, 5) is 0. The molecule has 1 N–H and O–H groups in total. The molecule has 5 aromatic rings. The van der Waals surface area contributed by atoms with Crippen LogP contribution >= 0.6 is 0 Å². The molecule has 0 fully saturated rings. The Bertz CT molecular complexity index is 1500. The van der Waals surface area contributed by atoms with Crippen LogP contribution in [0, 0.1) is 5.92 Å². The molecule has 0 aromatic heterocycles. The van der Waals surface area contributed by atoms with Gasteiger partial charge >= 0.3 is 0 Å². The molecule has 0 bridgehead atoms. The van der Waals surface area contributed by atoms with Gasteiger partial charge < -0.3 is 10.1 Å². The second kappa shape index (κ2) is 7.78. The van der Waals surface area contributed by atoms with Crippen molar-refractivity contribution in [3.63, 3.8) is 0 Å². The third kappa shape index (κ3) is 3.10. The van der Waals surface area contributed by atoms with Crippen molar-refractivity contribution in [2.75, 3.05) is 5.32 Å². The van der Waals surface area contributed by atoms with Crippen LogP contribution in [0.3, 0.4) is 0 Å². The Morgan fingerprint density at radius 3 is 2.15 bits per heavy atom. The van der Waals surface area contributed by atoms with E-state index in [1.807, 2.05) is 30.3 Å². The smallest absolute Gasteiger partial charge is 0.127 e. The summed E-state index contributed by atoms with van der Waals surface area (Å²) in [5.41, 5.74) is 3.95. The maximum atomic E-state index is 6.17. The van der Waals surface area contributed by atoms with E-state index < -0.39 is 0 Å². The molecule has 2 nitrogen and oxygen atoms in total. The summed E-state index contributed by atoms with van der Waals surface area (Å²) >= 11 is 0. The maximum Gasteiger partial charge on any atom is 0.127 e. The SMILES string of the molecule is C1=CC2c3cc(Oc4ccccc4)ccc3NC(c3c4ccccc4cc4ccccc34)C2C1. The van der Waals surface area contributed by atoms with Gasteiger partial charge in [0.15, 0.2) is 0 Å². The molecule has 34 heavy (non-hydrogen) atoms. The van der Waals surface area contributed by atoms with Crippen molar-refractivity contribution in [2.24, 2.45) is 5.92 Å². The molecule has 1 heterocycles. The van der Waals surface area contributed by atoms with Gasteiger partial charge in [0.2, 0.25) is 0 Å². The molecule has 5 aromatic carbocycles. The molecule has 1 aliphatic carbocycles. The number of anilines is 1. The highest BCUT2D eigenvalue weighted by atomic mass is 16.5. The molecule has 3 atom stereocenters. The summed E-state index contributed by atoms with van der Waals surface area (Å²) in [6.45, 7) is 0. The number of ether oxygens (including phenoxy) is 1. The van der Waals surface area contributed by atoms with Crippen LogP contribution < -0.4 is 10.1 Å². The number of allylic oxidation sites excluding steroid dienone is 2. The zero-order valence-electron chi connectivity index (χ0n) is 18.8. The van der Waals surface area contributed by atoms with Crippen LogP contribution in [0.15, 0.2) is 115 Å². The van der Waals surface area contributed by atoms with Crippen molar-refractivity contribution in [3.8, 4) is 11.5 Å². The van der Waals surface area contributed by atoms with Crippen LogP contribution in [0.4, 0.5) is 5.69 Å². The first-order valence-electron chi connectivity index (χ1n) is 12.1. The van der Waals surface area contributed by atoms with Gasteiger partial charge in [0.05, 0.1) is 6.04 Å². The fraction of sp³-hybridized carbons (Fsp3) is 0.125. The van der Waals surface area contributed by atoms with Crippen LogP contribution in [0.25, 0.3) is 21.5 Å². The number of para-hydroxylation sites is 1. The zero-order valence-corrected chi connectivity index (χ0v) is 18.8. The van der Waals surface area contributed by atoms with Gasteiger partial charge in [0.25, 0.3) is 0 Å².